The zero-order chi connectivity index (χ0) is 24.1. The second-order valence-electron chi connectivity index (χ2n) is 8.62. The molecule has 1 aromatic heterocycles. The molecule has 1 saturated heterocycles. The molecule has 4 rings (SSSR count). The topological polar surface area (TPSA) is 80.5 Å². The molecule has 3 aromatic rings. The number of hydrogen-bond donors (Lipinski definition) is 1. The van der Waals surface area contributed by atoms with Crippen molar-refractivity contribution in [2.24, 2.45) is 5.92 Å². The summed E-state index contributed by atoms with van der Waals surface area (Å²) in [5.41, 5.74) is 2.81. The molecule has 1 aliphatic rings. The van der Waals surface area contributed by atoms with Crippen molar-refractivity contribution in [2.75, 3.05) is 13.2 Å². The van der Waals surface area contributed by atoms with Crippen molar-refractivity contribution in [1.29, 1.82) is 0 Å². The van der Waals surface area contributed by atoms with Gasteiger partial charge in [0.2, 0.25) is 0 Å². The Morgan fingerprint density at radius 2 is 1.76 bits per heavy atom. The third-order valence-electron chi connectivity index (χ3n) is 6.26. The van der Waals surface area contributed by atoms with E-state index in [4.69, 9.17) is 4.74 Å². The van der Waals surface area contributed by atoms with Gasteiger partial charge in [-0.1, -0.05) is 49.0 Å². The number of ether oxygens (including phenoxy) is 1. The van der Waals surface area contributed by atoms with Gasteiger partial charge in [0.25, 0.3) is 5.91 Å². The molecule has 0 spiro atoms. The van der Waals surface area contributed by atoms with Crippen LogP contribution in [0.2, 0.25) is 0 Å². The summed E-state index contributed by atoms with van der Waals surface area (Å²) in [7, 11) is 0. The molecule has 1 fully saturated rings. The van der Waals surface area contributed by atoms with Gasteiger partial charge < -0.3 is 14.7 Å². The van der Waals surface area contributed by atoms with Crippen LogP contribution in [-0.4, -0.2) is 50.1 Å². The molecule has 34 heavy (non-hydrogen) atoms. The Hall–Kier alpha value is -3.71. The molecular formula is C27H30N4O3. The summed E-state index contributed by atoms with van der Waals surface area (Å²) in [6.07, 6.45) is 4.89. The number of aromatic nitrogens is 3. The summed E-state index contributed by atoms with van der Waals surface area (Å²) in [5, 5.41) is 18.1. The predicted molar refractivity (Wildman–Crippen MR) is 131 cm³/mol. The van der Waals surface area contributed by atoms with Gasteiger partial charge in [-0.2, -0.15) is 15.0 Å². The van der Waals surface area contributed by atoms with Gasteiger partial charge in [0.1, 0.15) is 11.5 Å². The largest absolute Gasteiger partial charge is 0.461 e. The van der Waals surface area contributed by atoms with E-state index < -0.39 is 0 Å². The summed E-state index contributed by atoms with van der Waals surface area (Å²) >= 11 is 0. The third kappa shape index (κ3) is 4.94. The van der Waals surface area contributed by atoms with Crippen LogP contribution in [0.3, 0.4) is 0 Å². The van der Waals surface area contributed by atoms with E-state index in [9.17, 15) is 9.90 Å². The number of piperidine rings is 1. The van der Waals surface area contributed by atoms with Crippen molar-refractivity contribution < 1.29 is 14.6 Å². The number of rotatable bonds is 7. The Kier molecular flexibility index (Phi) is 7.23. The second-order valence-corrected chi connectivity index (χ2v) is 8.62. The monoisotopic (exact) mass is 458 g/mol. The van der Waals surface area contributed by atoms with E-state index in [0.717, 1.165) is 24.0 Å². The van der Waals surface area contributed by atoms with Gasteiger partial charge in [-0.25, -0.2) is 0 Å². The third-order valence-corrected chi connectivity index (χ3v) is 6.26. The molecule has 1 amide bonds. The first-order chi connectivity index (χ1) is 16.5. The average Bonchev–Trinajstić information content (AvgIpc) is 3.42. The van der Waals surface area contributed by atoms with E-state index >= 15 is 0 Å². The highest BCUT2D eigenvalue weighted by Crippen LogP contribution is 2.32. The minimum absolute atomic E-state index is 0.0275. The average molecular weight is 459 g/mol. The molecule has 2 atom stereocenters. The molecule has 2 aromatic carbocycles. The van der Waals surface area contributed by atoms with Crippen LogP contribution >= 0.6 is 0 Å². The van der Waals surface area contributed by atoms with Crippen LogP contribution in [0.4, 0.5) is 0 Å². The SMILES string of the molecule is C=C(O/C(=C(\C)CO)c1ccccc1)C1CC[C@@H](C)N(C(=O)c2ccccc2-n2nccn2)C1. The van der Waals surface area contributed by atoms with Crippen molar-refractivity contribution in [3.63, 3.8) is 0 Å². The lowest BCUT2D eigenvalue weighted by atomic mass is 9.91. The Morgan fingerprint density at radius 3 is 2.47 bits per heavy atom. The van der Waals surface area contributed by atoms with Crippen molar-refractivity contribution in [2.45, 2.75) is 32.7 Å². The van der Waals surface area contributed by atoms with E-state index in [1.54, 1.807) is 12.4 Å². The first-order valence-electron chi connectivity index (χ1n) is 11.5. The Balaban J connectivity index is 1.55. The highest BCUT2D eigenvalue weighted by molar-refractivity contribution is 5.98. The number of carbonyl (C=O) groups is 1. The summed E-state index contributed by atoms with van der Waals surface area (Å²) in [6, 6.07) is 17.1. The van der Waals surface area contributed by atoms with Gasteiger partial charge in [-0.05, 0) is 44.4 Å². The van der Waals surface area contributed by atoms with Gasteiger partial charge in [0.15, 0.2) is 0 Å². The number of para-hydroxylation sites is 1. The fourth-order valence-electron chi connectivity index (χ4n) is 4.24. The number of aliphatic hydroxyl groups is 1. The maximum atomic E-state index is 13.6. The van der Waals surface area contributed by atoms with Crippen LogP contribution in [0.1, 0.15) is 42.6 Å². The quantitative estimate of drug-likeness (QED) is 0.529. The fraction of sp³-hybridized carbons (Fsp3) is 0.296. The zero-order valence-corrected chi connectivity index (χ0v) is 19.6. The van der Waals surface area contributed by atoms with Crippen molar-refractivity contribution >= 4 is 11.7 Å². The molecule has 7 nitrogen and oxygen atoms in total. The minimum Gasteiger partial charge on any atom is -0.461 e. The van der Waals surface area contributed by atoms with Crippen molar-refractivity contribution in [1.82, 2.24) is 19.9 Å². The van der Waals surface area contributed by atoms with Gasteiger partial charge in [0.05, 0.1) is 30.3 Å². The maximum Gasteiger partial charge on any atom is 0.256 e. The predicted octanol–water partition coefficient (Wildman–Crippen LogP) is 4.46. The summed E-state index contributed by atoms with van der Waals surface area (Å²) in [6.45, 7) is 8.51. The van der Waals surface area contributed by atoms with Crippen LogP contribution in [-0.2, 0) is 4.74 Å². The molecule has 1 aliphatic heterocycles. The lowest BCUT2D eigenvalue weighted by Crippen LogP contribution is -2.46. The minimum atomic E-state index is -0.109. The second kappa shape index (κ2) is 10.5. The Labute approximate surface area is 200 Å². The molecule has 0 bridgehead atoms. The van der Waals surface area contributed by atoms with E-state index in [1.807, 2.05) is 66.4 Å². The van der Waals surface area contributed by atoms with E-state index in [2.05, 4.69) is 23.7 Å². The molecule has 1 N–H and O–H groups in total. The van der Waals surface area contributed by atoms with Gasteiger partial charge in [-0.3, -0.25) is 4.79 Å². The van der Waals surface area contributed by atoms with Crippen LogP contribution in [0.25, 0.3) is 11.4 Å². The number of aliphatic hydroxyl groups excluding tert-OH is 1. The van der Waals surface area contributed by atoms with Crippen molar-refractivity contribution in [3.8, 4) is 5.69 Å². The highest BCUT2D eigenvalue weighted by Gasteiger charge is 2.33. The first-order valence-corrected chi connectivity index (χ1v) is 11.5. The molecular weight excluding hydrogens is 428 g/mol. The lowest BCUT2D eigenvalue weighted by Gasteiger charge is -2.39. The standard InChI is InChI=1S/C27H30N4O3/c1-19(18-32)26(22-9-5-4-6-10-22)34-21(3)23-14-13-20(2)30(17-23)27(33)24-11-7-8-12-25(24)31-28-15-16-29-31/h4-12,15-16,20,23,32H,3,13-14,17-18H2,1-2H3/b26-19+/t20-,23?/m1/s1. The maximum absolute atomic E-state index is 13.6. The molecule has 0 saturated carbocycles. The van der Waals surface area contributed by atoms with Gasteiger partial charge >= 0.3 is 0 Å². The fourth-order valence-corrected chi connectivity index (χ4v) is 4.24. The number of amides is 1. The van der Waals surface area contributed by atoms with Crippen LogP contribution in [0.15, 0.2) is 84.9 Å². The van der Waals surface area contributed by atoms with Crippen LogP contribution in [0, 0.1) is 5.92 Å². The molecule has 0 radical (unpaired) electrons. The number of hydrogen-bond acceptors (Lipinski definition) is 5. The van der Waals surface area contributed by atoms with Crippen LogP contribution in [0.5, 0.6) is 0 Å². The molecule has 7 heteroatoms. The van der Waals surface area contributed by atoms with Gasteiger partial charge in [0, 0.05) is 24.1 Å². The Morgan fingerprint density at radius 1 is 1.09 bits per heavy atom. The molecule has 1 unspecified atom stereocenters. The summed E-state index contributed by atoms with van der Waals surface area (Å²) < 4.78 is 6.24. The highest BCUT2D eigenvalue weighted by atomic mass is 16.5. The van der Waals surface area contributed by atoms with E-state index in [-0.39, 0.29) is 24.5 Å². The van der Waals surface area contributed by atoms with Gasteiger partial charge in [-0.15, -0.1) is 0 Å². The first kappa shape index (κ1) is 23.4. The summed E-state index contributed by atoms with van der Waals surface area (Å²) in [5.74, 6) is 1.11. The summed E-state index contributed by atoms with van der Waals surface area (Å²) in [4.78, 5) is 17.0. The van der Waals surface area contributed by atoms with E-state index in [1.165, 1.54) is 4.80 Å². The normalized spacial score (nSPS) is 18.9. The zero-order valence-electron chi connectivity index (χ0n) is 19.6. The molecule has 176 valence electrons. The number of likely N-dealkylation sites (tertiary alicyclic amines) is 1. The lowest BCUT2D eigenvalue weighted by molar-refractivity contribution is 0.0555. The van der Waals surface area contributed by atoms with Crippen LogP contribution < -0.4 is 0 Å². The molecule has 0 aliphatic carbocycles. The van der Waals surface area contributed by atoms with E-state index in [0.29, 0.717) is 29.3 Å². The number of carbonyl (C=O) groups excluding carboxylic acids is 1. The Bertz CT molecular complexity index is 1170. The van der Waals surface area contributed by atoms with Crippen molar-refractivity contribution in [3.05, 3.63) is 96.0 Å². The number of benzene rings is 2. The molecule has 2 heterocycles. The number of nitrogens with zero attached hydrogens (tertiary/aromatic N) is 4. The smallest absolute Gasteiger partial charge is 0.256 e.